The van der Waals surface area contributed by atoms with Crippen LogP contribution in [-0.4, -0.2) is 27.3 Å². The highest BCUT2D eigenvalue weighted by Gasteiger charge is 2.23. The Labute approximate surface area is 168 Å². The molecule has 0 aliphatic heterocycles. The van der Waals surface area contributed by atoms with Crippen LogP contribution in [0.5, 0.6) is 0 Å². The number of benzene rings is 1. The SMILES string of the molecule is CCCn1c(SCC(=O)N[C@H]2CCCC[C@H]2C)nc2cc(Cl)ccc2c1=O. The van der Waals surface area contributed by atoms with Crippen LogP contribution in [0.2, 0.25) is 5.02 Å². The van der Waals surface area contributed by atoms with Crippen molar-refractivity contribution in [2.24, 2.45) is 5.92 Å². The fourth-order valence-electron chi connectivity index (χ4n) is 3.61. The molecule has 1 aromatic carbocycles. The zero-order valence-corrected chi connectivity index (χ0v) is 17.4. The number of nitrogens with zero attached hydrogens (tertiary/aromatic N) is 2. The van der Waals surface area contributed by atoms with E-state index < -0.39 is 0 Å². The molecule has 27 heavy (non-hydrogen) atoms. The van der Waals surface area contributed by atoms with Gasteiger partial charge in [0.15, 0.2) is 5.16 Å². The number of carbonyl (C=O) groups excluding carboxylic acids is 1. The topological polar surface area (TPSA) is 64.0 Å². The average molecular weight is 408 g/mol. The van der Waals surface area contributed by atoms with E-state index in [-0.39, 0.29) is 23.3 Å². The molecule has 1 fully saturated rings. The minimum Gasteiger partial charge on any atom is -0.352 e. The van der Waals surface area contributed by atoms with Crippen molar-refractivity contribution in [1.82, 2.24) is 14.9 Å². The Morgan fingerprint density at radius 2 is 2.15 bits per heavy atom. The summed E-state index contributed by atoms with van der Waals surface area (Å²) in [4.78, 5) is 29.9. The number of rotatable bonds is 6. The summed E-state index contributed by atoms with van der Waals surface area (Å²) >= 11 is 7.37. The minimum absolute atomic E-state index is 0.00207. The van der Waals surface area contributed by atoms with Gasteiger partial charge in [0.1, 0.15) is 0 Å². The van der Waals surface area contributed by atoms with Crippen molar-refractivity contribution in [3.8, 4) is 0 Å². The molecule has 1 heterocycles. The standard InChI is InChI=1S/C20H26ClN3O2S/c1-3-10-24-19(26)15-9-8-14(21)11-17(15)23-20(24)27-12-18(25)22-16-7-5-4-6-13(16)2/h8-9,11,13,16H,3-7,10,12H2,1-2H3,(H,22,25)/t13-,16+/m1/s1. The van der Waals surface area contributed by atoms with Gasteiger partial charge in [-0.2, -0.15) is 0 Å². The van der Waals surface area contributed by atoms with E-state index in [1.165, 1.54) is 31.0 Å². The van der Waals surface area contributed by atoms with Crippen molar-refractivity contribution < 1.29 is 4.79 Å². The molecule has 3 rings (SSSR count). The summed E-state index contributed by atoms with van der Waals surface area (Å²) < 4.78 is 1.66. The fraction of sp³-hybridized carbons (Fsp3) is 0.550. The van der Waals surface area contributed by atoms with E-state index in [9.17, 15) is 9.59 Å². The number of thioether (sulfide) groups is 1. The number of hydrogen-bond acceptors (Lipinski definition) is 4. The smallest absolute Gasteiger partial charge is 0.262 e. The first kappa shape index (κ1) is 20.2. The third-order valence-corrected chi connectivity index (χ3v) is 6.33. The van der Waals surface area contributed by atoms with E-state index in [0.29, 0.717) is 33.5 Å². The van der Waals surface area contributed by atoms with Crippen LogP contribution < -0.4 is 10.9 Å². The molecule has 0 spiro atoms. The third kappa shape index (κ3) is 4.85. The lowest BCUT2D eigenvalue weighted by Gasteiger charge is -2.29. The second kappa shape index (κ2) is 9.11. The molecule has 0 bridgehead atoms. The van der Waals surface area contributed by atoms with Gasteiger partial charge < -0.3 is 5.32 Å². The highest BCUT2D eigenvalue weighted by atomic mass is 35.5. The highest BCUT2D eigenvalue weighted by molar-refractivity contribution is 7.99. The molecule has 2 atom stereocenters. The third-order valence-electron chi connectivity index (χ3n) is 5.12. The molecule has 1 saturated carbocycles. The molecule has 0 unspecified atom stereocenters. The van der Waals surface area contributed by atoms with Crippen molar-refractivity contribution in [1.29, 1.82) is 0 Å². The number of fused-ring (bicyclic) bond motifs is 1. The summed E-state index contributed by atoms with van der Waals surface area (Å²) in [6.45, 7) is 4.79. The van der Waals surface area contributed by atoms with Gasteiger partial charge in [-0.05, 0) is 43.4 Å². The quantitative estimate of drug-likeness (QED) is 0.574. The Kier molecular flexibility index (Phi) is 6.82. The summed E-state index contributed by atoms with van der Waals surface area (Å²) in [7, 11) is 0. The van der Waals surface area contributed by atoms with E-state index in [4.69, 9.17) is 11.6 Å². The number of halogens is 1. The molecule has 1 N–H and O–H groups in total. The Balaban J connectivity index is 1.77. The van der Waals surface area contributed by atoms with Crippen LogP contribution in [0.15, 0.2) is 28.2 Å². The number of amides is 1. The number of carbonyl (C=O) groups is 1. The molecular formula is C20H26ClN3O2S. The lowest BCUT2D eigenvalue weighted by Crippen LogP contribution is -2.41. The van der Waals surface area contributed by atoms with Gasteiger partial charge in [-0.15, -0.1) is 0 Å². The van der Waals surface area contributed by atoms with Crippen molar-refractivity contribution in [3.63, 3.8) is 0 Å². The van der Waals surface area contributed by atoms with Gasteiger partial charge in [-0.25, -0.2) is 4.98 Å². The molecular weight excluding hydrogens is 382 g/mol. The Morgan fingerprint density at radius 1 is 1.37 bits per heavy atom. The lowest BCUT2D eigenvalue weighted by molar-refractivity contribution is -0.119. The maximum Gasteiger partial charge on any atom is 0.262 e. The van der Waals surface area contributed by atoms with E-state index in [0.717, 1.165) is 12.8 Å². The summed E-state index contributed by atoms with van der Waals surface area (Å²) in [6, 6.07) is 5.37. The number of nitrogens with one attached hydrogen (secondary N) is 1. The zero-order chi connectivity index (χ0) is 19.4. The zero-order valence-electron chi connectivity index (χ0n) is 15.8. The average Bonchev–Trinajstić information content (AvgIpc) is 2.64. The number of hydrogen-bond donors (Lipinski definition) is 1. The lowest BCUT2D eigenvalue weighted by atomic mass is 9.86. The van der Waals surface area contributed by atoms with Gasteiger partial charge in [-0.3, -0.25) is 14.2 Å². The first-order chi connectivity index (χ1) is 13.0. The van der Waals surface area contributed by atoms with Crippen LogP contribution in [-0.2, 0) is 11.3 Å². The van der Waals surface area contributed by atoms with Crippen LogP contribution in [0, 0.1) is 5.92 Å². The Bertz CT molecular complexity index is 883. The molecule has 0 saturated heterocycles. The molecule has 1 aromatic heterocycles. The number of aromatic nitrogens is 2. The minimum atomic E-state index is -0.0812. The van der Waals surface area contributed by atoms with Gasteiger partial charge in [0, 0.05) is 17.6 Å². The second-order valence-corrected chi connectivity index (χ2v) is 8.62. The normalized spacial score (nSPS) is 20.0. The molecule has 1 aliphatic rings. The summed E-state index contributed by atoms with van der Waals surface area (Å²) in [5.74, 6) is 0.778. The van der Waals surface area contributed by atoms with Gasteiger partial charge in [0.05, 0.1) is 16.7 Å². The van der Waals surface area contributed by atoms with Crippen molar-refractivity contribution >= 4 is 40.2 Å². The van der Waals surface area contributed by atoms with Gasteiger partial charge in [0.2, 0.25) is 5.91 Å². The van der Waals surface area contributed by atoms with Crippen LogP contribution in [0.25, 0.3) is 10.9 Å². The molecule has 1 aliphatic carbocycles. The van der Waals surface area contributed by atoms with Gasteiger partial charge in [0.25, 0.3) is 5.56 Å². The predicted molar refractivity (Wildman–Crippen MR) is 112 cm³/mol. The van der Waals surface area contributed by atoms with E-state index in [1.807, 2.05) is 6.92 Å². The first-order valence-corrected chi connectivity index (χ1v) is 11.0. The molecule has 0 radical (unpaired) electrons. The van der Waals surface area contributed by atoms with Crippen LogP contribution in [0.4, 0.5) is 0 Å². The summed E-state index contributed by atoms with van der Waals surface area (Å²) in [5.41, 5.74) is 0.492. The molecule has 2 aromatic rings. The van der Waals surface area contributed by atoms with Gasteiger partial charge >= 0.3 is 0 Å². The molecule has 1 amide bonds. The van der Waals surface area contributed by atoms with Gasteiger partial charge in [-0.1, -0.05) is 50.1 Å². The van der Waals surface area contributed by atoms with Crippen LogP contribution >= 0.6 is 23.4 Å². The van der Waals surface area contributed by atoms with E-state index in [1.54, 1.807) is 22.8 Å². The van der Waals surface area contributed by atoms with Crippen LogP contribution in [0.3, 0.4) is 0 Å². The van der Waals surface area contributed by atoms with Crippen molar-refractivity contribution in [3.05, 3.63) is 33.6 Å². The highest BCUT2D eigenvalue weighted by Crippen LogP contribution is 2.24. The van der Waals surface area contributed by atoms with Crippen molar-refractivity contribution in [2.45, 2.75) is 63.7 Å². The fourth-order valence-corrected chi connectivity index (χ4v) is 4.62. The Hall–Kier alpha value is -1.53. The molecule has 5 nitrogen and oxygen atoms in total. The predicted octanol–water partition coefficient (Wildman–Crippen LogP) is 4.25. The molecule has 7 heteroatoms. The van der Waals surface area contributed by atoms with E-state index in [2.05, 4.69) is 17.2 Å². The van der Waals surface area contributed by atoms with E-state index >= 15 is 0 Å². The summed E-state index contributed by atoms with van der Waals surface area (Å²) in [5, 5.41) is 4.83. The summed E-state index contributed by atoms with van der Waals surface area (Å²) in [6.07, 6.45) is 5.45. The van der Waals surface area contributed by atoms with Crippen molar-refractivity contribution in [2.75, 3.05) is 5.75 Å². The largest absolute Gasteiger partial charge is 0.352 e. The maximum absolute atomic E-state index is 12.8. The molecule has 146 valence electrons. The van der Waals surface area contributed by atoms with Crippen LogP contribution in [0.1, 0.15) is 46.0 Å². The monoisotopic (exact) mass is 407 g/mol. The first-order valence-electron chi connectivity index (χ1n) is 9.62. The maximum atomic E-state index is 12.8. The Morgan fingerprint density at radius 3 is 2.89 bits per heavy atom. The second-order valence-electron chi connectivity index (χ2n) is 7.24.